The number of hydrogen-bond acceptors (Lipinski definition) is 3. The maximum atomic E-state index is 12.8. The van der Waals surface area contributed by atoms with Crippen LogP contribution in [0.15, 0.2) is 72.8 Å². The number of halogens is 1. The lowest BCUT2D eigenvalue weighted by Crippen LogP contribution is -2.15. The van der Waals surface area contributed by atoms with Crippen molar-refractivity contribution in [2.45, 2.75) is 12.8 Å². The van der Waals surface area contributed by atoms with Crippen LogP contribution in [0.1, 0.15) is 32.0 Å². The predicted molar refractivity (Wildman–Crippen MR) is 124 cm³/mol. The van der Waals surface area contributed by atoms with Gasteiger partial charge in [0.15, 0.2) is 5.69 Å². The number of benzene rings is 3. The van der Waals surface area contributed by atoms with Crippen LogP contribution in [0, 0.1) is 0 Å². The maximum Gasteiger partial charge on any atom is 0.269 e. The van der Waals surface area contributed by atoms with Crippen molar-refractivity contribution in [1.29, 1.82) is 0 Å². The quantitative estimate of drug-likeness (QED) is 0.482. The maximum absolute atomic E-state index is 12.8. The Morgan fingerprint density at radius 2 is 1.72 bits per heavy atom. The van der Waals surface area contributed by atoms with E-state index in [0.717, 1.165) is 34.5 Å². The molecular formula is C25H19ClN4O2. The minimum atomic E-state index is -0.553. The number of aromatic nitrogens is 2. The molecule has 0 fully saturated rings. The monoisotopic (exact) mass is 442 g/mol. The van der Waals surface area contributed by atoms with Crippen LogP contribution in [-0.4, -0.2) is 21.6 Å². The van der Waals surface area contributed by atoms with Gasteiger partial charge >= 0.3 is 0 Å². The first-order valence-corrected chi connectivity index (χ1v) is 10.6. The number of nitrogens with two attached hydrogens (primary N) is 1. The molecule has 2 amide bonds. The molecule has 0 radical (unpaired) electrons. The molecule has 3 aromatic carbocycles. The molecule has 7 heteroatoms. The molecule has 5 rings (SSSR count). The van der Waals surface area contributed by atoms with E-state index in [2.05, 4.69) is 10.4 Å². The predicted octanol–water partition coefficient (Wildman–Crippen LogP) is 4.64. The molecule has 1 aromatic heterocycles. The van der Waals surface area contributed by atoms with E-state index >= 15 is 0 Å². The SMILES string of the molecule is NC(=O)c1nn(-c2ccccc2)c2c1CCc1ccc(NC(=O)c3ccccc3Cl)cc1-2. The Kier molecular flexibility index (Phi) is 4.99. The molecule has 0 unspecified atom stereocenters. The van der Waals surface area contributed by atoms with E-state index in [-0.39, 0.29) is 11.6 Å². The number of primary amides is 1. The molecular weight excluding hydrogens is 424 g/mol. The van der Waals surface area contributed by atoms with Gasteiger partial charge in [0.2, 0.25) is 0 Å². The molecule has 0 saturated heterocycles. The first kappa shape index (κ1) is 20.0. The summed E-state index contributed by atoms with van der Waals surface area (Å²) in [6, 6.07) is 22.3. The van der Waals surface area contributed by atoms with Crippen LogP contribution in [0.3, 0.4) is 0 Å². The molecule has 32 heavy (non-hydrogen) atoms. The minimum Gasteiger partial charge on any atom is -0.364 e. The summed E-state index contributed by atoms with van der Waals surface area (Å²) in [5, 5.41) is 7.86. The number of aryl methyl sites for hydroxylation is 1. The minimum absolute atomic E-state index is 0.278. The third-order valence-corrected chi connectivity index (χ3v) is 5.93. The van der Waals surface area contributed by atoms with Gasteiger partial charge in [0.05, 0.1) is 22.0 Å². The summed E-state index contributed by atoms with van der Waals surface area (Å²) in [5.41, 5.74) is 11.4. The van der Waals surface area contributed by atoms with Crippen molar-refractivity contribution in [3.63, 3.8) is 0 Å². The molecule has 158 valence electrons. The lowest BCUT2D eigenvalue weighted by atomic mass is 9.88. The van der Waals surface area contributed by atoms with Crippen molar-refractivity contribution in [2.24, 2.45) is 5.73 Å². The smallest absolute Gasteiger partial charge is 0.269 e. The standard InChI is InChI=1S/C25H19ClN4O2/c26-21-9-5-4-8-18(21)25(32)28-16-12-10-15-11-13-19-22(24(27)31)29-30(23(19)20(15)14-16)17-6-2-1-3-7-17/h1-10,12,14H,11,13H2,(H2,27,31)(H,28,32). The summed E-state index contributed by atoms with van der Waals surface area (Å²) in [4.78, 5) is 24.9. The summed E-state index contributed by atoms with van der Waals surface area (Å²) < 4.78 is 1.76. The first-order valence-electron chi connectivity index (χ1n) is 10.2. The number of rotatable bonds is 4. The zero-order valence-corrected chi connectivity index (χ0v) is 17.8. The molecule has 1 heterocycles. The van der Waals surface area contributed by atoms with E-state index in [0.29, 0.717) is 22.7 Å². The average Bonchev–Trinajstić information content (AvgIpc) is 3.20. The third kappa shape index (κ3) is 3.44. The number of fused-ring (bicyclic) bond motifs is 3. The van der Waals surface area contributed by atoms with Crippen LogP contribution >= 0.6 is 11.6 Å². The second-order valence-electron chi connectivity index (χ2n) is 7.59. The van der Waals surface area contributed by atoms with Gasteiger partial charge < -0.3 is 11.1 Å². The number of nitrogens with zero attached hydrogens (tertiary/aromatic N) is 2. The Bertz CT molecular complexity index is 1360. The Morgan fingerprint density at radius 1 is 0.969 bits per heavy atom. The Hall–Kier alpha value is -3.90. The number of hydrogen-bond donors (Lipinski definition) is 2. The Balaban J connectivity index is 1.61. The number of amides is 2. The van der Waals surface area contributed by atoms with Crippen molar-refractivity contribution >= 4 is 29.1 Å². The molecule has 1 aliphatic rings. The van der Waals surface area contributed by atoms with Gasteiger partial charge in [-0.15, -0.1) is 0 Å². The fraction of sp³-hybridized carbons (Fsp3) is 0.0800. The second kappa shape index (κ2) is 7.98. The molecule has 1 aliphatic carbocycles. The van der Waals surface area contributed by atoms with Crippen LogP contribution in [-0.2, 0) is 12.8 Å². The van der Waals surface area contributed by atoms with E-state index < -0.39 is 5.91 Å². The molecule has 0 bridgehead atoms. The van der Waals surface area contributed by atoms with Crippen molar-refractivity contribution in [1.82, 2.24) is 9.78 Å². The Labute approximate surface area is 189 Å². The fourth-order valence-corrected chi connectivity index (χ4v) is 4.34. The number of carbonyl (C=O) groups excluding carboxylic acids is 2. The highest BCUT2D eigenvalue weighted by Crippen LogP contribution is 2.38. The van der Waals surface area contributed by atoms with Crippen LogP contribution in [0.25, 0.3) is 16.9 Å². The zero-order valence-electron chi connectivity index (χ0n) is 17.0. The van der Waals surface area contributed by atoms with Crippen LogP contribution in [0.5, 0.6) is 0 Å². The molecule has 0 spiro atoms. The van der Waals surface area contributed by atoms with Crippen LogP contribution in [0.4, 0.5) is 5.69 Å². The van der Waals surface area contributed by atoms with Gasteiger partial charge in [-0.25, -0.2) is 4.68 Å². The van der Waals surface area contributed by atoms with Gasteiger partial charge in [-0.3, -0.25) is 9.59 Å². The molecule has 0 atom stereocenters. The average molecular weight is 443 g/mol. The van der Waals surface area contributed by atoms with E-state index in [1.165, 1.54) is 0 Å². The summed E-state index contributed by atoms with van der Waals surface area (Å²) in [6.45, 7) is 0. The van der Waals surface area contributed by atoms with E-state index in [4.69, 9.17) is 17.3 Å². The van der Waals surface area contributed by atoms with Crippen molar-refractivity contribution in [2.75, 3.05) is 5.32 Å². The lowest BCUT2D eigenvalue weighted by Gasteiger charge is -2.20. The largest absolute Gasteiger partial charge is 0.364 e. The highest BCUT2D eigenvalue weighted by Gasteiger charge is 2.28. The first-order chi connectivity index (χ1) is 15.5. The van der Waals surface area contributed by atoms with Crippen molar-refractivity contribution in [3.05, 3.63) is 100 Å². The molecule has 4 aromatic rings. The van der Waals surface area contributed by atoms with Crippen molar-refractivity contribution < 1.29 is 9.59 Å². The number of carbonyl (C=O) groups is 2. The summed E-state index contributed by atoms with van der Waals surface area (Å²) >= 11 is 6.17. The van der Waals surface area contributed by atoms with Gasteiger partial charge in [-0.05, 0) is 54.8 Å². The topological polar surface area (TPSA) is 90.0 Å². The van der Waals surface area contributed by atoms with Crippen LogP contribution in [0.2, 0.25) is 5.02 Å². The van der Waals surface area contributed by atoms with Gasteiger partial charge in [0, 0.05) is 16.8 Å². The molecule has 3 N–H and O–H groups in total. The van der Waals surface area contributed by atoms with Gasteiger partial charge in [0.25, 0.3) is 11.8 Å². The Morgan fingerprint density at radius 3 is 2.47 bits per heavy atom. The lowest BCUT2D eigenvalue weighted by molar-refractivity contribution is 0.0992. The number of para-hydroxylation sites is 1. The van der Waals surface area contributed by atoms with E-state index in [9.17, 15) is 9.59 Å². The third-order valence-electron chi connectivity index (χ3n) is 5.60. The summed E-state index contributed by atoms with van der Waals surface area (Å²) in [6.07, 6.45) is 1.42. The van der Waals surface area contributed by atoms with Gasteiger partial charge in [0.1, 0.15) is 0 Å². The highest BCUT2D eigenvalue weighted by atomic mass is 35.5. The highest BCUT2D eigenvalue weighted by molar-refractivity contribution is 6.34. The van der Waals surface area contributed by atoms with Gasteiger partial charge in [-0.2, -0.15) is 5.10 Å². The second-order valence-corrected chi connectivity index (χ2v) is 8.00. The number of anilines is 1. The zero-order chi connectivity index (χ0) is 22.2. The summed E-state index contributed by atoms with van der Waals surface area (Å²) in [7, 11) is 0. The van der Waals surface area contributed by atoms with Crippen LogP contribution < -0.4 is 11.1 Å². The number of nitrogens with one attached hydrogen (secondary N) is 1. The van der Waals surface area contributed by atoms with E-state index in [1.807, 2.05) is 48.5 Å². The molecule has 0 aliphatic heterocycles. The van der Waals surface area contributed by atoms with Gasteiger partial charge in [-0.1, -0.05) is 48.0 Å². The molecule has 6 nitrogen and oxygen atoms in total. The summed E-state index contributed by atoms with van der Waals surface area (Å²) in [5.74, 6) is -0.844. The molecule has 0 saturated carbocycles. The van der Waals surface area contributed by atoms with Crippen molar-refractivity contribution in [3.8, 4) is 16.9 Å². The normalized spacial score (nSPS) is 12.0. The fourth-order valence-electron chi connectivity index (χ4n) is 4.11. The van der Waals surface area contributed by atoms with E-state index in [1.54, 1.807) is 28.9 Å².